The van der Waals surface area contributed by atoms with Gasteiger partial charge >= 0.3 is 0 Å². The quantitative estimate of drug-likeness (QED) is 0.325. The van der Waals surface area contributed by atoms with Crippen molar-refractivity contribution in [1.82, 2.24) is 4.90 Å². The molecule has 0 saturated heterocycles. The Balaban J connectivity index is 1.69. The molecule has 0 bridgehead atoms. The van der Waals surface area contributed by atoms with E-state index in [9.17, 15) is 0 Å². The molecule has 0 aromatic heterocycles. The maximum atomic E-state index is 2.50. The monoisotopic (exact) mass is 425 g/mol. The summed E-state index contributed by atoms with van der Waals surface area (Å²) in [6.45, 7) is 0.944. The molecule has 3 aliphatic carbocycles. The number of hydrogen-bond acceptors (Lipinski definition) is 1. The van der Waals surface area contributed by atoms with Crippen LogP contribution in [0.15, 0.2) is 96.6 Å². The molecule has 1 spiro atoms. The molecule has 0 heterocycles. The van der Waals surface area contributed by atoms with Gasteiger partial charge in [-0.05, 0) is 99.9 Å². The molecular formula is C32H27N. The second-order valence-corrected chi connectivity index (χ2v) is 9.95. The van der Waals surface area contributed by atoms with E-state index < -0.39 is 0 Å². The summed E-state index contributed by atoms with van der Waals surface area (Å²) in [5, 5.41) is 2.65. The lowest BCUT2D eigenvalue weighted by molar-refractivity contribution is 0.399. The van der Waals surface area contributed by atoms with Crippen LogP contribution in [-0.2, 0) is 12.0 Å². The maximum Gasteiger partial charge on any atom is 0.0691 e. The third-order valence-corrected chi connectivity index (χ3v) is 7.84. The first-order valence-corrected chi connectivity index (χ1v) is 12.0. The van der Waals surface area contributed by atoms with Crippen molar-refractivity contribution < 1.29 is 0 Å². The molecular weight excluding hydrogens is 398 g/mol. The van der Waals surface area contributed by atoms with Gasteiger partial charge in [-0.25, -0.2) is 0 Å². The molecule has 3 aliphatic rings. The number of hydrogen-bond donors (Lipinski definition) is 0. The summed E-state index contributed by atoms with van der Waals surface area (Å²) in [7, 11) is 4.36. The second-order valence-electron chi connectivity index (χ2n) is 9.95. The Labute approximate surface area is 195 Å². The van der Waals surface area contributed by atoms with Gasteiger partial charge in [0.05, 0.1) is 5.41 Å². The fourth-order valence-electron chi connectivity index (χ4n) is 6.75. The lowest BCUT2D eigenvalue weighted by Crippen LogP contribution is -2.30. The van der Waals surface area contributed by atoms with Gasteiger partial charge in [0.15, 0.2) is 0 Å². The van der Waals surface area contributed by atoms with E-state index in [1.165, 1.54) is 55.3 Å². The standard InChI is InChI=1S/C32H27N/c1-33(2)20-23-12-9-15-26-27-18-21-10-3-4-11-22(21)19-30(27)32(31(23)26)28-16-7-5-13-24(28)25-14-6-8-17-29(25)32/h3-7,9-16,18-19H,8,17,20H2,1-2H3. The van der Waals surface area contributed by atoms with Crippen LogP contribution < -0.4 is 0 Å². The molecule has 0 N–H and O–H groups in total. The molecule has 160 valence electrons. The number of rotatable bonds is 2. The fraction of sp³-hybridized carbons (Fsp3) is 0.188. The Morgan fingerprint density at radius 2 is 1.52 bits per heavy atom. The van der Waals surface area contributed by atoms with Crippen LogP contribution in [0.1, 0.15) is 40.7 Å². The van der Waals surface area contributed by atoms with Crippen LogP contribution in [0.4, 0.5) is 0 Å². The minimum Gasteiger partial charge on any atom is -0.305 e. The Bertz CT molecular complexity index is 1520. The maximum absolute atomic E-state index is 2.50. The molecule has 4 aromatic carbocycles. The summed E-state index contributed by atoms with van der Waals surface area (Å²) in [4.78, 5) is 2.31. The molecule has 33 heavy (non-hydrogen) atoms. The minimum absolute atomic E-state index is 0.196. The van der Waals surface area contributed by atoms with E-state index in [-0.39, 0.29) is 5.41 Å². The smallest absolute Gasteiger partial charge is 0.0691 e. The molecule has 1 heteroatoms. The van der Waals surface area contributed by atoms with Crippen LogP contribution in [0.25, 0.3) is 27.5 Å². The average Bonchev–Trinajstić information content (AvgIpc) is 3.30. The summed E-state index contributed by atoms with van der Waals surface area (Å²) in [6.07, 6.45) is 6.97. The third-order valence-electron chi connectivity index (χ3n) is 7.84. The van der Waals surface area contributed by atoms with Gasteiger partial charge in [-0.3, -0.25) is 0 Å². The van der Waals surface area contributed by atoms with Crippen LogP contribution in [0.5, 0.6) is 0 Å². The largest absolute Gasteiger partial charge is 0.305 e. The van der Waals surface area contributed by atoms with E-state index in [0.29, 0.717) is 0 Å². The van der Waals surface area contributed by atoms with Crippen LogP contribution in [0.3, 0.4) is 0 Å². The molecule has 0 aliphatic heterocycles. The highest BCUT2D eigenvalue weighted by atomic mass is 15.0. The first-order chi connectivity index (χ1) is 16.2. The Morgan fingerprint density at radius 3 is 2.36 bits per heavy atom. The van der Waals surface area contributed by atoms with Gasteiger partial charge in [-0.2, -0.15) is 0 Å². The van der Waals surface area contributed by atoms with Crippen LogP contribution in [0.2, 0.25) is 0 Å². The van der Waals surface area contributed by atoms with Crippen molar-refractivity contribution >= 4 is 16.3 Å². The average molecular weight is 426 g/mol. The molecule has 4 aromatic rings. The van der Waals surface area contributed by atoms with Crippen molar-refractivity contribution in [1.29, 1.82) is 0 Å². The number of benzene rings is 4. The molecule has 0 amide bonds. The van der Waals surface area contributed by atoms with Crippen molar-refractivity contribution in [3.63, 3.8) is 0 Å². The number of fused-ring (bicyclic) bond motifs is 10. The van der Waals surface area contributed by atoms with Crippen molar-refractivity contribution in [2.75, 3.05) is 14.1 Å². The van der Waals surface area contributed by atoms with Crippen LogP contribution >= 0.6 is 0 Å². The van der Waals surface area contributed by atoms with Gasteiger partial charge in [0.25, 0.3) is 0 Å². The molecule has 1 atom stereocenters. The highest BCUT2D eigenvalue weighted by Gasteiger charge is 2.53. The van der Waals surface area contributed by atoms with Crippen molar-refractivity contribution in [3.05, 3.63) is 124 Å². The molecule has 0 radical (unpaired) electrons. The van der Waals surface area contributed by atoms with Crippen molar-refractivity contribution in [2.24, 2.45) is 0 Å². The van der Waals surface area contributed by atoms with Crippen LogP contribution in [0, 0.1) is 0 Å². The zero-order valence-electron chi connectivity index (χ0n) is 19.2. The van der Waals surface area contributed by atoms with Crippen LogP contribution in [-0.4, -0.2) is 19.0 Å². The zero-order valence-corrected chi connectivity index (χ0v) is 19.2. The van der Waals surface area contributed by atoms with Gasteiger partial charge in [-0.15, -0.1) is 0 Å². The molecule has 0 saturated carbocycles. The third kappa shape index (κ3) is 2.41. The van der Waals surface area contributed by atoms with E-state index in [0.717, 1.165) is 19.4 Å². The van der Waals surface area contributed by atoms with E-state index in [4.69, 9.17) is 0 Å². The second kappa shape index (κ2) is 6.79. The van der Waals surface area contributed by atoms with Crippen molar-refractivity contribution in [3.8, 4) is 11.1 Å². The van der Waals surface area contributed by atoms with E-state index >= 15 is 0 Å². The predicted octanol–water partition coefficient (Wildman–Crippen LogP) is 7.33. The highest BCUT2D eigenvalue weighted by Crippen LogP contribution is 2.64. The molecule has 0 fully saturated rings. The zero-order chi connectivity index (χ0) is 22.2. The molecule has 1 nitrogen and oxygen atoms in total. The highest BCUT2D eigenvalue weighted by molar-refractivity contribution is 6.01. The van der Waals surface area contributed by atoms with Gasteiger partial charge in [0, 0.05) is 6.54 Å². The van der Waals surface area contributed by atoms with E-state index in [2.05, 4.69) is 110 Å². The van der Waals surface area contributed by atoms with Gasteiger partial charge in [0.1, 0.15) is 0 Å². The topological polar surface area (TPSA) is 3.24 Å². The summed E-state index contributed by atoms with van der Waals surface area (Å²) in [6, 6.07) is 29.9. The number of allylic oxidation sites excluding steroid dienone is 4. The SMILES string of the molecule is CN(C)Cc1cccc2c1C1(C3=C(C=CCC3)c3ccccc31)c1cc3ccccc3cc1-2. The van der Waals surface area contributed by atoms with Gasteiger partial charge in [-0.1, -0.05) is 78.9 Å². The lowest BCUT2D eigenvalue weighted by Gasteiger charge is -2.35. The Kier molecular flexibility index (Phi) is 3.93. The normalized spacial score (nSPS) is 19.8. The number of nitrogens with zero attached hydrogens (tertiary/aromatic N) is 1. The summed E-state index contributed by atoms with van der Waals surface area (Å²) in [5.41, 5.74) is 12.9. The minimum atomic E-state index is -0.196. The molecule has 1 unspecified atom stereocenters. The predicted molar refractivity (Wildman–Crippen MR) is 138 cm³/mol. The fourth-order valence-corrected chi connectivity index (χ4v) is 6.75. The van der Waals surface area contributed by atoms with E-state index in [1.807, 2.05) is 0 Å². The Hall–Kier alpha value is -3.42. The lowest BCUT2D eigenvalue weighted by atomic mass is 9.67. The first-order valence-electron chi connectivity index (χ1n) is 12.0. The van der Waals surface area contributed by atoms with Crippen molar-refractivity contribution in [2.45, 2.75) is 24.8 Å². The van der Waals surface area contributed by atoms with Gasteiger partial charge in [0.2, 0.25) is 0 Å². The van der Waals surface area contributed by atoms with Gasteiger partial charge < -0.3 is 4.90 Å². The summed E-state index contributed by atoms with van der Waals surface area (Å²) < 4.78 is 0. The first kappa shape index (κ1) is 19.1. The molecule has 7 rings (SSSR count). The van der Waals surface area contributed by atoms with E-state index in [1.54, 1.807) is 5.57 Å². The summed E-state index contributed by atoms with van der Waals surface area (Å²) >= 11 is 0. The summed E-state index contributed by atoms with van der Waals surface area (Å²) in [5.74, 6) is 0. The Morgan fingerprint density at radius 1 is 0.758 bits per heavy atom.